The molecule has 2 N–H and O–H groups in total. The smallest absolute Gasteiger partial charge is 0.162 e. The van der Waals surface area contributed by atoms with Crippen LogP contribution < -0.4 is 20.4 Å². The molecule has 0 atom stereocenters. The molecule has 0 unspecified atom stereocenters. The lowest BCUT2D eigenvalue weighted by Gasteiger charge is -2.36. The van der Waals surface area contributed by atoms with Crippen LogP contribution in [0.2, 0.25) is 0 Å². The molecule has 5 heterocycles. The number of hydrogen-bond acceptors (Lipinski definition) is 8. The molecule has 2 saturated carbocycles. The monoisotopic (exact) mass is 498 g/mol. The molecule has 7 rings (SSSR count). The molecule has 0 aromatic carbocycles. The number of fused-ring (bicyclic) bond motifs is 1. The van der Waals surface area contributed by atoms with Crippen LogP contribution in [0.4, 0.5) is 11.6 Å². The van der Waals surface area contributed by atoms with Crippen LogP contribution in [0.5, 0.6) is 0 Å². The summed E-state index contributed by atoms with van der Waals surface area (Å²) in [5, 5.41) is 8.22. The number of piperidine rings is 2. The van der Waals surface area contributed by atoms with E-state index in [0.717, 1.165) is 67.6 Å². The van der Waals surface area contributed by atoms with E-state index in [1.165, 1.54) is 49.5 Å². The second-order valence-corrected chi connectivity index (χ2v) is 11.4. The van der Waals surface area contributed by atoms with E-state index in [-0.39, 0.29) is 0 Å². The second-order valence-electron chi connectivity index (χ2n) is 11.4. The maximum Gasteiger partial charge on any atom is 0.162 e. The highest BCUT2D eigenvalue weighted by molar-refractivity contribution is 5.94. The normalized spacial score (nSPS) is 21.3. The Kier molecular flexibility index (Phi) is 6.17. The van der Waals surface area contributed by atoms with E-state index in [4.69, 9.17) is 15.0 Å². The number of nitrogens with one attached hydrogen (secondary N) is 2. The van der Waals surface area contributed by atoms with Crippen molar-refractivity contribution in [1.82, 2.24) is 30.6 Å². The first-order valence-electron chi connectivity index (χ1n) is 14.3. The minimum Gasteiger partial charge on any atom is -0.356 e. The summed E-state index contributed by atoms with van der Waals surface area (Å²) in [6.07, 6.45) is 15.6. The van der Waals surface area contributed by atoms with Gasteiger partial charge in [-0.1, -0.05) is 0 Å². The Hall–Kier alpha value is -2.84. The Morgan fingerprint density at radius 2 is 1.51 bits per heavy atom. The first-order chi connectivity index (χ1) is 18.3. The number of pyridine rings is 2. The Morgan fingerprint density at radius 3 is 2.22 bits per heavy atom. The van der Waals surface area contributed by atoms with Crippen LogP contribution in [0.1, 0.15) is 62.8 Å². The van der Waals surface area contributed by atoms with Crippen molar-refractivity contribution in [1.29, 1.82) is 0 Å². The zero-order valence-electron chi connectivity index (χ0n) is 21.9. The molecule has 0 spiro atoms. The van der Waals surface area contributed by atoms with Gasteiger partial charge in [0.25, 0.3) is 0 Å². The minimum absolute atomic E-state index is 0.477. The molecule has 0 bridgehead atoms. The molecule has 3 aromatic heterocycles. The van der Waals surface area contributed by atoms with Gasteiger partial charge < -0.3 is 20.4 Å². The summed E-state index contributed by atoms with van der Waals surface area (Å²) in [5.74, 6) is 3.51. The standard InChI is InChI=1S/C29H38N8/c1-36(21-7-11-30-12-8-21)29-27-24(19-2-3-19)17-32-18-25(27)34-28(35-29)20-6-15-33-26(16-20)37(22-4-5-22)23-9-13-31-14-10-23/h6,15-19,21-23,30-31H,2-5,7-14H2,1H3. The fourth-order valence-corrected chi connectivity index (χ4v) is 6.35. The molecule has 4 aliphatic rings. The van der Waals surface area contributed by atoms with Crippen molar-refractivity contribution in [3.63, 3.8) is 0 Å². The lowest BCUT2D eigenvalue weighted by atomic mass is 10.0. The van der Waals surface area contributed by atoms with E-state index < -0.39 is 0 Å². The van der Waals surface area contributed by atoms with Gasteiger partial charge in [0.15, 0.2) is 5.82 Å². The van der Waals surface area contributed by atoms with Gasteiger partial charge in [0.2, 0.25) is 0 Å². The highest BCUT2D eigenvalue weighted by Crippen LogP contribution is 2.45. The van der Waals surface area contributed by atoms with Gasteiger partial charge in [0.05, 0.1) is 11.7 Å². The van der Waals surface area contributed by atoms with Crippen LogP contribution >= 0.6 is 0 Å². The predicted molar refractivity (Wildman–Crippen MR) is 148 cm³/mol. The lowest BCUT2D eigenvalue weighted by Crippen LogP contribution is -2.44. The quantitative estimate of drug-likeness (QED) is 0.508. The second kappa shape index (κ2) is 9.80. The fraction of sp³-hybridized carbons (Fsp3) is 0.586. The Morgan fingerprint density at radius 1 is 0.811 bits per heavy atom. The molecule has 2 aliphatic carbocycles. The topological polar surface area (TPSA) is 82.1 Å². The predicted octanol–water partition coefficient (Wildman–Crippen LogP) is 3.87. The van der Waals surface area contributed by atoms with Gasteiger partial charge in [-0.2, -0.15) is 0 Å². The summed E-state index contributed by atoms with van der Waals surface area (Å²) >= 11 is 0. The van der Waals surface area contributed by atoms with Crippen molar-refractivity contribution in [2.75, 3.05) is 43.0 Å². The molecule has 8 nitrogen and oxygen atoms in total. The highest BCUT2D eigenvalue weighted by Gasteiger charge is 2.36. The third kappa shape index (κ3) is 4.66. The van der Waals surface area contributed by atoms with Crippen molar-refractivity contribution >= 4 is 22.5 Å². The summed E-state index contributed by atoms with van der Waals surface area (Å²) in [6.45, 7) is 4.29. The van der Waals surface area contributed by atoms with E-state index in [2.05, 4.69) is 50.8 Å². The average Bonchev–Trinajstić information content (AvgIpc) is 3.88. The first kappa shape index (κ1) is 23.3. The molecule has 4 fully saturated rings. The molecule has 194 valence electrons. The van der Waals surface area contributed by atoms with Crippen LogP contribution in [0.15, 0.2) is 30.7 Å². The molecule has 37 heavy (non-hydrogen) atoms. The zero-order chi connectivity index (χ0) is 24.8. The van der Waals surface area contributed by atoms with Crippen LogP contribution in [-0.2, 0) is 0 Å². The molecule has 3 aromatic rings. The van der Waals surface area contributed by atoms with Crippen molar-refractivity contribution in [2.45, 2.75) is 75.4 Å². The van der Waals surface area contributed by atoms with Gasteiger partial charge >= 0.3 is 0 Å². The molecule has 8 heteroatoms. The largest absolute Gasteiger partial charge is 0.356 e. The van der Waals surface area contributed by atoms with Crippen molar-refractivity contribution in [2.24, 2.45) is 0 Å². The molecular formula is C29H38N8. The summed E-state index contributed by atoms with van der Waals surface area (Å²) in [7, 11) is 2.22. The summed E-state index contributed by atoms with van der Waals surface area (Å²) in [6, 6.07) is 5.96. The third-order valence-corrected chi connectivity index (χ3v) is 8.74. The zero-order valence-corrected chi connectivity index (χ0v) is 21.9. The highest BCUT2D eigenvalue weighted by atomic mass is 15.3. The van der Waals surface area contributed by atoms with E-state index in [9.17, 15) is 0 Å². The minimum atomic E-state index is 0.477. The molecular weight excluding hydrogens is 460 g/mol. The van der Waals surface area contributed by atoms with Crippen LogP contribution in [-0.4, -0.2) is 71.3 Å². The molecule has 2 aliphatic heterocycles. The van der Waals surface area contributed by atoms with Gasteiger partial charge in [-0.05, 0) is 101 Å². The summed E-state index contributed by atoms with van der Waals surface area (Å²) in [4.78, 5) is 24.9. The van der Waals surface area contributed by atoms with Crippen LogP contribution in [0, 0.1) is 0 Å². The van der Waals surface area contributed by atoms with Crippen molar-refractivity contribution in [3.05, 3.63) is 36.3 Å². The number of hydrogen-bond donors (Lipinski definition) is 2. The van der Waals surface area contributed by atoms with Crippen molar-refractivity contribution in [3.8, 4) is 11.4 Å². The van der Waals surface area contributed by atoms with E-state index in [0.29, 0.717) is 24.0 Å². The average molecular weight is 499 g/mol. The molecule has 0 amide bonds. The number of aromatic nitrogens is 4. The fourth-order valence-electron chi connectivity index (χ4n) is 6.35. The number of rotatable bonds is 7. The number of nitrogens with zero attached hydrogens (tertiary/aromatic N) is 6. The Labute approximate surface area is 219 Å². The van der Waals surface area contributed by atoms with Crippen LogP contribution in [0.3, 0.4) is 0 Å². The summed E-state index contributed by atoms with van der Waals surface area (Å²) < 4.78 is 0. The Balaban J connectivity index is 1.31. The maximum atomic E-state index is 5.30. The van der Waals surface area contributed by atoms with E-state index in [1.807, 2.05) is 12.4 Å². The SMILES string of the molecule is CN(c1nc(-c2ccnc(N(C3CCNCC3)C3CC3)c2)nc2cncc(C3CC3)c12)C1CCNCC1. The first-order valence-corrected chi connectivity index (χ1v) is 14.3. The summed E-state index contributed by atoms with van der Waals surface area (Å²) in [5.41, 5.74) is 3.32. The van der Waals surface area contributed by atoms with E-state index in [1.54, 1.807) is 0 Å². The lowest BCUT2D eigenvalue weighted by molar-refractivity contribution is 0.425. The van der Waals surface area contributed by atoms with Gasteiger partial charge in [-0.25, -0.2) is 15.0 Å². The van der Waals surface area contributed by atoms with E-state index >= 15 is 0 Å². The van der Waals surface area contributed by atoms with Gasteiger partial charge in [0, 0.05) is 48.5 Å². The molecule has 2 saturated heterocycles. The Bertz CT molecular complexity index is 1260. The van der Waals surface area contributed by atoms with Crippen molar-refractivity contribution < 1.29 is 0 Å². The van der Waals surface area contributed by atoms with Gasteiger partial charge in [0.1, 0.15) is 11.6 Å². The molecule has 0 radical (unpaired) electrons. The number of anilines is 2. The van der Waals surface area contributed by atoms with Gasteiger partial charge in [-0.3, -0.25) is 4.98 Å². The maximum absolute atomic E-state index is 5.30. The van der Waals surface area contributed by atoms with Crippen LogP contribution in [0.25, 0.3) is 22.3 Å². The van der Waals surface area contributed by atoms with Gasteiger partial charge in [-0.15, -0.1) is 0 Å². The third-order valence-electron chi connectivity index (χ3n) is 8.74.